The fourth-order valence-electron chi connectivity index (χ4n) is 2.87. The summed E-state index contributed by atoms with van der Waals surface area (Å²) in [5.41, 5.74) is 1.25. The summed E-state index contributed by atoms with van der Waals surface area (Å²) in [6, 6.07) is 10.2. The molecule has 0 aromatic heterocycles. The van der Waals surface area contributed by atoms with E-state index in [-0.39, 0.29) is 12.5 Å². The number of nitrogens with one attached hydrogen (secondary N) is 1. The molecule has 4 heteroatoms. The zero-order valence-electron chi connectivity index (χ0n) is 12.8. The Hall–Kier alpha value is -1.39. The third-order valence-corrected chi connectivity index (χ3v) is 4.20. The number of piperidine rings is 1. The third-order valence-electron chi connectivity index (χ3n) is 4.20. The molecule has 0 bridgehead atoms. The van der Waals surface area contributed by atoms with Crippen LogP contribution in [0.15, 0.2) is 30.3 Å². The van der Waals surface area contributed by atoms with Crippen LogP contribution in [0.4, 0.5) is 0 Å². The van der Waals surface area contributed by atoms with Crippen molar-refractivity contribution in [3.63, 3.8) is 0 Å². The minimum absolute atomic E-state index is 0.0800. The fraction of sp³-hybridized carbons (Fsp3) is 0.588. The number of nitrogens with zero attached hydrogens (tertiary/aromatic N) is 1. The lowest BCUT2D eigenvalue weighted by Gasteiger charge is -2.31. The van der Waals surface area contributed by atoms with Crippen LogP contribution in [-0.2, 0) is 4.79 Å². The van der Waals surface area contributed by atoms with Crippen LogP contribution >= 0.6 is 0 Å². The van der Waals surface area contributed by atoms with Gasteiger partial charge in [0.15, 0.2) is 0 Å². The Morgan fingerprint density at radius 1 is 1.43 bits per heavy atom. The molecule has 0 radical (unpaired) electrons. The number of rotatable bonds is 6. The smallest absolute Gasteiger partial charge is 0.234 e. The van der Waals surface area contributed by atoms with Crippen molar-refractivity contribution in [2.45, 2.75) is 25.7 Å². The van der Waals surface area contributed by atoms with E-state index in [0.717, 1.165) is 25.9 Å². The molecule has 1 amide bonds. The van der Waals surface area contributed by atoms with Gasteiger partial charge >= 0.3 is 0 Å². The van der Waals surface area contributed by atoms with E-state index in [1.807, 2.05) is 18.2 Å². The van der Waals surface area contributed by atoms with Crippen LogP contribution < -0.4 is 5.32 Å². The lowest BCUT2D eigenvalue weighted by atomic mass is 9.99. The molecular weight excluding hydrogens is 264 g/mol. The zero-order valence-corrected chi connectivity index (χ0v) is 12.8. The normalized spacial score (nSPS) is 21.0. The van der Waals surface area contributed by atoms with Gasteiger partial charge in [-0.15, -0.1) is 0 Å². The van der Waals surface area contributed by atoms with E-state index >= 15 is 0 Å². The molecule has 21 heavy (non-hydrogen) atoms. The maximum absolute atomic E-state index is 12.0. The summed E-state index contributed by atoms with van der Waals surface area (Å²) in [5.74, 6) is 0.729. The summed E-state index contributed by atoms with van der Waals surface area (Å²) in [7, 11) is 0. The summed E-state index contributed by atoms with van der Waals surface area (Å²) < 4.78 is 0. The second-order valence-electron chi connectivity index (χ2n) is 6.04. The first-order valence-electron chi connectivity index (χ1n) is 7.84. The largest absolute Gasteiger partial charge is 0.396 e. The molecule has 116 valence electrons. The van der Waals surface area contributed by atoms with E-state index in [9.17, 15) is 9.90 Å². The summed E-state index contributed by atoms with van der Waals surface area (Å²) in [5, 5.41) is 12.2. The molecule has 1 aliphatic heterocycles. The molecule has 1 aromatic carbocycles. The number of hydrogen-bond acceptors (Lipinski definition) is 3. The Morgan fingerprint density at radius 3 is 2.90 bits per heavy atom. The Labute approximate surface area is 127 Å². The van der Waals surface area contributed by atoms with Crippen LogP contribution in [0.5, 0.6) is 0 Å². The molecule has 0 spiro atoms. The molecule has 1 saturated heterocycles. The molecule has 2 N–H and O–H groups in total. The number of likely N-dealkylation sites (tertiary alicyclic amines) is 1. The molecule has 1 fully saturated rings. The highest BCUT2D eigenvalue weighted by atomic mass is 16.3. The average Bonchev–Trinajstić information content (AvgIpc) is 2.53. The van der Waals surface area contributed by atoms with E-state index in [2.05, 4.69) is 29.3 Å². The van der Waals surface area contributed by atoms with E-state index in [0.29, 0.717) is 24.9 Å². The number of benzene rings is 1. The standard InChI is InChI=1S/C17H26N2O2/c1-14(16-7-3-2-4-8-16)10-18-17(21)12-19-9-5-6-15(11-19)13-20/h2-4,7-8,14-15,20H,5-6,9-13H2,1H3,(H,18,21). The topological polar surface area (TPSA) is 52.6 Å². The van der Waals surface area contributed by atoms with E-state index in [4.69, 9.17) is 0 Å². The molecule has 2 rings (SSSR count). The SMILES string of the molecule is CC(CNC(=O)CN1CCCC(CO)C1)c1ccccc1. The maximum atomic E-state index is 12.0. The lowest BCUT2D eigenvalue weighted by molar-refractivity contribution is -0.122. The number of carbonyl (C=O) groups is 1. The van der Waals surface area contributed by atoms with Crippen molar-refractivity contribution >= 4 is 5.91 Å². The summed E-state index contributed by atoms with van der Waals surface area (Å²) >= 11 is 0. The third kappa shape index (κ3) is 5.14. The molecule has 2 atom stereocenters. The Balaban J connectivity index is 1.72. The number of hydrogen-bond donors (Lipinski definition) is 2. The van der Waals surface area contributed by atoms with E-state index in [1.165, 1.54) is 5.56 Å². The van der Waals surface area contributed by atoms with Gasteiger partial charge < -0.3 is 10.4 Å². The van der Waals surface area contributed by atoms with Gasteiger partial charge in [0.2, 0.25) is 5.91 Å². The molecule has 0 saturated carbocycles. The van der Waals surface area contributed by atoms with E-state index in [1.54, 1.807) is 0 Å². The summed E-state index contributed by atoms with van der Waals surface area (Å²) in [4.78, 5) is 14.2. The number of aliphatic hydroxyl groups is 1. The van der Waals surface area contributed by atoms with Gasteiger partial charge in [-0.2, -0.15) is 0 Å². The maximum Gasteiger partial charge on any atom is 0.234 e. The van der Waals surface area contributed by atoms with Crippen molar-refractivity contribution in [3.8, 4) is 0 Å². The van der Waals surface area contributed by atoms with Crippen LogP contribution in [0.3, 0.4) is 0 Å². The van der Waals surface area contributed by atoms with Crippen molar-refractivity contribution in [2.24, 2.45) is 5.92 Å². The van der Waals surface area contributed by atoms with Crippen molar-refractivity contribution in [1.82, 2.24) is 10.2 Å². The van der Waals surface area contributed by atoms with Crippen molar-refractivity contribution in [2.75, 3.05) is 32.8 Å². The molecule has 2 unspecified atom stereocenters. The first-order chi connectivity index (χ1) is 10.2. The Kier molecular flexibility index (Phi) is 6.21. The number of carbonyl (C=O) groups excluding carboxylic acids is 1. The summed E-state index contributed by atoms with van der Waals surface area (Å²) in [6.45, 7) is 5.25. The molecular formula is C17H26N2O2. The van der Waals surface area contributed by atoms with Crippen LogP contribution in [0.25, 0.3) is 0 Å². The molecule has 1 heterocycles. The van der Waals surface area contributed by atoms with Crippen LogP contribution in [0.2, 0.25) is 0 Å². The number of aliphatic hydroxyl groups excluding tert-OH is 1. The van der Waals surface area contributed by atoms with Crippen LogP contribution in [0, 0.1) is 5.92 Å². The van der Waals surface area contributed by atoms with Gasteiger partial charge in [-0.25, -0.2) is 0 Å². The number of amides is 1. The van der Waals surface area contributed by atoms with Crippen molar-refractivity contribution in [3.05, 3.63) is 35.9 Å². The van der Waals surface area contributed by atoms with Gasteiger partial charge in [0.25, 0.3) is 0 Å². The minimum Gasteiger partial charge on any atom is -0.396 e. The van der Waals surface area contributed by atoms with Gasteiger partial charge in [-0.3, -0.25) is 9.69 Å². The predicted octanol–water partition coefficient (Wildman–Crippen LogP) is 1.61. The van der Waals surface area contributed by atoms with Gasteiger partial charge in [-0.05, 0) is 36.8 Å². The monoisotopic (exact) mass is 290 g/mol. The molecule has 4 nitrogen and oxygen atoms in total. The van der Waals surface area contributed by atoms with Gasteiger partial charge in [0, 0.05) is 19.7 Å². The second-order valence-corrected chi connectivity index (χ2v) is 6.04. The highest BCUT2D eigenvalue weighted by molar-refractivity contribution is 5.78. The molecule has 1 aromatic rings. The Morgan fingerprint density at radius 2 is 2.19 bits per heavy atom. The van der Waals surface area contributed by atoms with Crippen molar-refractivity contribution in [1.29, 1.82) is 0 Å². The fourth-order valence-corrected chi connectivity index (χ4v) is 2.87. The lowest BCUT2D eigenvalue weighted by Crippen LogP contribution is -2.43. The second kappa shape index (κ2) is 8.15. The summed E-state index contributed by atoms with van der Waals surface area (Å²) in [6.07, 6.45) is 2.14. The first-order valence-corrected chi connectivity index (χ1v) is 7.84. The van der Waals surface area contributed by atoms with Crippen molar-refractivity contribution < 1.29 is 9.90 Å². The average molecular weight is 290 g/mol. The predicted molar refractivity (Wildman–Crippen MR) is 84.1 cm³/mol. The van der Waals surface area contributed by atoms with Crippen LogP contribution in [-0.4, -0.2) is 48.7 Å². The van der Waals surface area contributed by atoms with Gasteiger partial charge in [-0.1, -0.05) is 37.3 Å². The molecule has 0 aliphatic carbocycles. The molecule has 1 aliphatic rings. The highest BCUT2D eigenvalue weighted by Crippen LogP contribution is 2.15. The zero-order chi connectivity index (χ0) is 15.1. The van der Waals surface area contributed by atoms with E-state index < -0.39 is 0 Å². The first kappa shape index (κ1) is 16.0. The highest BCUT2D eigenvalue weighted by Gasteiger charge is 2.21. The van der Waals surface area contributed by atoms with Gasteiger partial charge in [0.05, 0.1) is 6.54 Å². The van der Waals surface area contributed by atoms with Crippen LogP contribution in [0.1, 0.15) is 31.2 Å². The van der Waals surface area contributed by atoms with Gasteiger partial charge in [0.1, 0.15) is 0 Å². The quantitative estimate of drug-likeness (QED) is 0.837. The minimum atomic E-state index is 0.0800. The Bertz CT molecular complexity index is 436.